The summed E-state index contributed by atoms with van der Waals surface area (Å²) in [5.74, 6) is 1.75. The van der Waals surface area contributed by atoms with Gasteiger partial charge in [0.1, 0.15) is 0 Å². The zero-order chi connectivity index (χ0) is 11.7. The van der Waals surface area contributed by atoms with E-state index in [1.54, 1.807) is 5.57 Å². The Kier molecular flexibility index (Phi) is 8.85. The van der Waals surface area contributed by atoms with Crippen LogP contribution in [0.5, 0.6) is 0 Å². The van der Waals surface area contributed by atoms with Crippen molar-refractivity contribution in [3.63, 3.8) is 0 Å². The van der Waals surface area contributed by atoms with Crippen LogP contribution in [0.15, 0.2) is 11.6 Å². The minimum atomic E-state index is 0.859. The summed E-state index contributed by atoms with van der Waals surface area (Å²) in [6.45, 7) is 11.5. The number of allylic oxidation sites excluding steroid dienone is 2. The second-order valence-electron chi connectivity index (χ2n) is 5.43. The molecule has 0 nitrogen and oxygen atoms in total. The number of hydrogen-bond acceptors (Lipinski definition) is 0. The van der Waals surface area contributed by atoms with Gasteiger partial charge in [0.25, 0.3) is 0 Å². The Balaban J connectivity index is 3.52. The SMILES string of the molecule is CCC(C)CC/C=C(\C)CCCC(C)C. The maximum Gasteiger partial charge on any atom is -0.0323 e. The summed E-state index contributed by atoms with van der Waals surface area (Å²) in [5.41, 5.74) is 1.60. The van der Waals surface area contributed by atoms with Gasteiger partial charge in [-0.25, -0.2) is 0 Å². The third-order valence-corrected chi connectivity index (χ3v) is 3.20. The van der Waals surface area contributed by atoms with E-state index < -0.39 is 0 Å². The first-order valence-corrected chi connectivity index (χ1v) is 6.71. The molecule has 0 aliphatic rings. The molecule has 0 aromatic carbocycles. The number of hydrogen-bond donors (Lipinski definition) is 0. The first-order valence-electron chi connectivity index (χ1n) is 6.71. The molecule has 0 radical (unpaired) electrons. The molecule has 0 saturated carbocycles. The van der Waals surface area contributed by atoms with E-state index in [1.807, 2.05) is 0 Å². The molecule has 0 heterocycles. The highest BCUT2D eigenvalue weighted by Crippen LogP contribution is 2.15. The van der Waals surface area contributed by atoms with Gasteiger partial charge in [-0.05, 0) is 44.4 Å². The van der Waals surface area contributed by atoms with Gasteiger partial charge in [0.2, 0.25) is 0 Å². The fraction of sp³-hybridized carbons (Fsp3) is 0.867. The van der Waals surface area contributed by atoms with E-state index in [1.165, 1.54) is 38.5 Å². The molecule has 0 saturated heterocycles. The molecule has 0 N–H and O–H groups in total. The predicted octanol–water partition coefficient (Wildman–Crippen LogP) is 5.59. The lowest BCUT2D eigenvalue weighted by molar-refractivity contribution is 0.519. The highest BCUT2D eigenvalue weighted by atomic mass is 14.0. The van der Waals surface area contributed by atoms with Gasteiger partial charge in [-0.15, -0.1) is 0 Å². The van der Waals surface area contributed by atoms with E-state index >= 15 is 0 Å². The topological polar surface area (TPSA) is 0 Å². The molecule has 0 heteroatoms. The van der Waals surface area contributed by atoms with Gasteiger partial charge in [-0.3, -0.25) is 0 Å². The minimum Gasteiger partial charge on any atom is -0.0856 e. The summed E-state index contributed by atoms with van der Waals surface area (Å²) >= 11 is 0. The third kappa shape index (κ3) is 10.0. The van der Waals surface area contributed by atoms with Gasteiger partial charge in [0, 0.05) is 0 Å². The van der Waals surface area contributed by atoms with Crippen LogP contribution in [0.4, 0.5) is 0 Å². The Morgan fingerprint density at radius 3 is 2.33 bits per heavy atom. The Bertz CT molecular complexity index is 165. The molecular weight excluding hydrogens is 180 g/mol. The fourth-order valence-corrected chi connectivity index (χ4v) is 1.71. The van der Waals surface area contributed by atoms with Crippen molar-refractivity contribution < 1.29 is 0 Å². The minimum absolute atomic E-state index is 0.859. The Hall–Kier alpha value is -0.260. The zero-order valence-corrected chi connectivity index (χ0v) is 11.5. The molecule has 0 aliphatic heterocycles. The van der Waals surface area contributed by atoms with Crippen molar-refractivity contribution >= 4 is 0 Å². The molecule has 15 heavy (non-hydrogen) atoms. The smallest absolute Gasteiger partial charge is 0.0323 e. The summed E-state index contributed by atoms with van der Waals surface area (Å²) in [7, 11) is 0. The molecule has 1 atom stereocenters. The molecule has 0 amide bonds. The van der Waals surface area contributed by atoms with E-state index in [9.17, 15) is 0 Å². The maximum absolute atomic E-state index is 2.45. The molecule has 0 rings (SSSR count). The van der Waals surface area contributed by atoms with E-state index in [0.717, 1.165) is 11.8 Å². The standard InChI is InChI=1S/C15H30/c1-6-14(4)10-8-12-15(5)11-7-9-13(2)3/h12-14H,6-11H2,1-5H3/b15-12+. The van der Waals surface area contributed by atoms with Gasteiger partial charge in [0.15, 0.2) is 0 Å². The summed E-state index contributed by atoms with van der Waals surface area (Å²) in [5, 5.41) is 0. The number of rotatable bonds is 8. The molecule has 90 valence electrons. The van der Waals surface area contributed by atoms with Crippen molar-refractivity contribution in [3.05, 3.63) is 11.6 Å². The largest absolute Gasteiger partial charge is 0.0856 e. The van der Waals surface area contributed by atoms with Crippen molar-refractivity contribution in [2.75, 3.05) is 0 Å². The summed E-state index contributed by atoms with van der Waals surface area (Å²) in [4.78, 5) is 0. The first kappa shape index (κ1) is 14.7. The average molecular weight is 210 g/mol. The van der Waals surface area contributed by atoms with Crippen molar-refractivity contribution in [1.29, 1.82) is 0 Å². The normalized spacial score (nSPS) is 14.7. The van der Waals surface area contributed by atoms with Crippen LogP contribution in [0.3, 0.4) is 0 Å². The van der Waals surface area contributed by atoms with Gasteiger partial charge < -0.3 is 0 Å². The van der Waals surface area contributed by atoms with Crippen molar-refractivity contribution in [2.45, 2.75) is 73.1 Å². The van der Waals surface area contributed by atoms with E-state index in [2.05, 4.69) is 40.7 Å². The van der Waals surface area contributed by atoms with Crippen LogP contribution in [0.25, 0.3) is 0 Å². The highest BCUT2D eigenvalue weighted by molar-refractivity contribution is 4.97. The maximum atomic E-state index is 2.45. The Morgan fingerprint density at radius 2 is 1.80 bits per heavy atom. The van der Waals surface area contributed by atoms with Crippen LogP contribution in [-0.2, 0) is 0 Å². The van der Waals surface area contributed by atoms with Crippen LogP contribution in [0.2, 0.25) is 0 Å². The summed E-state index contributed by atoms with van der Waals surface area (Å²) in [6.07, 6.45) is 10.5. The quantitative estimate of drug-likeness (QED) is 0.458. The molecule has 0 fully saturated rings. The zero-order valence-electron chi connectivity index (χ0n) is 11.5. The van der Waals surface area contributed by atoms with Crippen LogP contribution >= 0.6 is 0 Å². The van der Waals surface area contributed by atoms with Gasteiger partial charge in [-0.2, -0.15) is 0 Å². The van der Waals surface area contributed by atoms with Crippen molar-refractivity contribution in [1.82, 2.24) is 0 Å². The lowest BCUT2D eigenvalue weighted by Gasteiger charge is -2.07. The highest BCUT2D eigenvalue weighted by Gasteiger charge is 1.98. The third-order valence-electron chi connectivity index (χ3n) is 3.20. The van der Waals surface area contributed by atoms with E-state index in [4.69, 9.17) is 0 Å². The summed E-state index contributed by atoms with van der Waals surface area (Å²) in [6, 6.07) is 0. The van der Waals surface area contributed by atoms with Crippen LogP contribution in [0.1, 0.15) is 73.1 Å². The predicted molar refractivity (Wildman–Crippen MR) is 71.1 cm³/mol. The van der Waals surface area contributed by atoms with E-state index in [0.29, 0.717) is 0 Å². The van der Waals surface area contributed by atoms with Crippen molar-refractivity contribution in [2.24, 2.45) is 11.8 Å². The molecular formula is C15H30. The van der Waals surface area contributed by atoms with Gasteiger partial charge in [0.05, 0.1) is 0 Å². The molecule has 0 aliphatic carbocycles. The molecule has 0 aromatic rings. The Morgan fingerprint density at radius 1 is 1.13 bits per heavy atom. The summed E-state index contributed by atoms with van der Waals surface area (Å²) < 4.78 is 0. The second kappa shape index (κ2) is 9.00. The second-order valence-corrected chi connectivity index (χ2v) is 5.43. The molecule has 0 bridgehead atoms. The average Bonchev–Trinajstić information content (AvgIpc) is 2.17. The van der Waals surface area contributed by atoms with Gasteiger partial charge in [-0.1, -0.05) is 52.2 Å². The van der Waals surface area contributed by atoms with E-state index in [-0.39, 0.29) is 0 Å². The van der Waals surface area contributed by atoms with Gasteiger partial charge >= 0.3 is 0 Å². The lowest BCUT2D eigenvalue weighted by atomic mass is 9.99. The van der Waals surface area contributed by atoms with Crippen molar-refractivity contribution in [3.8, 4) is 0 Å². The van der Waals surface area contributed by atoms with Crippen LogP contribution in [-0.4, -0.2) is 0 Å². The molecule has 0 spiro atoms. The fourth-order valence-electron chi connectivity index (χ4n) is 1.71. The Labute approximate surface area is 97.2 Å². The lowest BCUT2D eigenvalue weighted by Crippen LogP contribution is -1.91. The van der Waals surface area contributed by atoms with Crippen LogP contribution < -0.4 is 0 Å². The molecule has 1 unspecified atom stereocenters. The van der Waals surface area contributed by atoms with Crippen LogP contribution in [0, 0.1) is 11.8 Å². The first-order chi connectivity index (χ1) is 7.06. The monoisotopic (exact) mass is 210 g/mol. The molecule has 0 aromatic heterocycles.